The Bertz CT molecular complexity index is 624. The van der Waals surface area contributed by atoms with Crippen LogP contribution in [0.25, 0.3) is 0 Å². The highest BCUT2D eigenvalue weighted by atomic mass is 16.6. The zero-order valence-corrected chi connectivity index (χ0v) is 37.3. The van der Waals surface area contributed by atoms with Crippen LogP contribution in [0.3, 0.4) is 0 Å². The minimum absolute atomic E-state index is 0.522. The number of hydrogen-bond donors (Lipinski definition) is 0. The highest BCUT2D eigenvalue weighted by Gasteiger charge is 1.98. The van der Waals surface area contributed by atoms with E-state index in [-0.39, 0.29) is 0 Å². The van der Waals surface area contributed by atoms with Crippen molar-refractivity contribution in [3.05, 3.63) is 0 Å². The zero-order chi connectivity index (χ0) is 40.9. The molecule has 0 radical (unpaired) electrons. The van der Waals surface area contributed by atoms with Gasteiger partial charge >= 0.3 is 0 Å². The van der Waals surface area contributed by atoms with Crippen LogP contribution >= 0.6 is 0 Å². The number of hydrogen-bond acceptors (Lipinski definition) is 12. The summed E-state index contributed by atoms with van der Waals surface area (Å²) in [6.07, 6.45) is 25.6. The monoisotopic (exact) mass is 825 g/mol. The molecule has 0 aliphatic rings. The first kappa shape index (κ1) is 56.5. The van der Waals surface area contributed by atoms with Crippen molar-refractivity contribution in [2.45, 2.75) is 136 Å². The molecule has 0 aliphatic carbocycles. The van der Waals surface area contributed by atoms with Crippen LogP contribution in [0.15, 0.2) is 0 Å². The highest BCUT2D eigenvalue weighted by Crippen LogP contribution is 2.13. The Morgan fingerprint density at radius 1 is 0.140 bits per heavy atom. The molecule has 0 unspecified atom stereocenters. The van der Waals surface area contributed by atoms with Gasteiger partial charge in [-0.15, -0.1) is 0 Å². The molecule has 0 N–H and O–H groups in total. The van der Waals surface area contributed by atoms with Gasteiger partial charge in [-0.1, -0.05) is 123 Å². The van der Waals surface area contributed by atoms with Crippen LogP contribution < -0.4 is 0 Å². The van der Waals surface area contributed by atoms with E-state index in [1.165, 1.54) is 109 Å². The Kier molecular flexibility index (Phi) is 55.1. The molecule has 344 valence electrons. The molecule has 0 fully saturated rings. The standard InChI is InChI=1S/C45H92O12/c1-3-5-7-9-10-11-12-13-14-15-16-17-19-21-23-47-25-27-49-29-31-51-33-35-53-37-39-55-41-43-57-45-44-56-42-40-54-38-36-52-34-32-50-30-28-48-26-24-46-22-20-18-8-6-4-2/h3-45H2,1-2H3. The molecule has 0 bridgehead atoms. The lowest BCUT2D eigenvalue weighted by Gasteiger charge is -2.09. The summed E-state index contributed by atoms with van der Waals surface area (Å²) in [5.74, 6) is 0. The highest BCUT2D eigenvalue weighted by molar-refractivity contribution is 4.50. The normalized spacial score (nSPS) is 11.7. The van der Waals surface area contributed by atoms with Gasteiger partial charge in [-0.25, -0.2) is 0 Å². The van der Waals surface area contributed by atoms with Crippen molar-refractivity contribution < 1.29 is 56.8 Å². The fourth-order valence-electron chi connectivity index (χ4n) is 5.73. The van der Waals surface area contributed by atoms with E-state index in [0.717, 1.165) is 26.1 Å². The summed E-state index contributed by atoms with van der Waals surface area (Å²) in [5, 5.41) is 0. The SMILES string of the molecule is CCCCCCCCCCCCCCCCOCCOCCOCCOCCOCCOCCOCCOCCOCCOCCOCCOCCCCCCC. The predicted molar refractivity (Wildman–Crippen MR) is 229 cm³/mol. The predicted octanol–water partition coefficient (Wildman–Crippen LogP) is 8.64. The molecule has 0 aromatic heterocycles. The molecule has 0 saturated carbocycles. The Labute approximate surface area is 350 Å². The Morgan fingerprint density at radius 3 is 0.421 bits per heavy atom. The van der Waals surface area contributed by atoms with Gasteiger partial charge in [0.05, 0.1) is 145 Å². The fraction of sp³-hybridized carbons (Fsp3) is 1.00. The third kappa shape index (κ3) is 55.5. The maximum absolute atomic E-state index is 5.69. The molecule has 0 atom stereocenters. The average molecular weight is 825 g/mol. The molecular weight excluding hydrogens is 732 g/mol. The van der Waals surface area contributed by atoms with Crippen molar-refractivity contribution in [3.8, 4) is 0 Å². The first-order valence-corrected chi connectivity index (χ1v) is 23.3. The van der Waals surface area contributed by atoms with Gasteiger partial charge in [0.15, 0.2) is 0 Å². The van der Waals surface area contributed by atoms with E-state index in [2.05, 4.69) is 13.8 Å². The Morgan fingerprint density at radius 2 is 0.263 bits per heavy atom. The van der Waals surface area contributed by atoms with Crippen LogP contribution in [0.2, 0.25) is 0 Å². The largest absolute Gasteiger partial charge is 0.379 e. The topological polar surface area (TPSA) is 111 Å². The number of unbranched alkanes of at least 4 members (excludes halogenated alkanes) is 17. The quantitative estimate of drug-likeness (QED) is 0.0548. The average Bonchev–Trinajstić information content (AvgIpc) is 3.22. The molecule has 12 nitrogen and oxygen atoms in total. The van der Waals surface area contributed by atoms with Crippen LogP contribution in [0.4, 0.5) is 0 Å². The third-order valence-corrected chi connectivity index (χ3v) is 9.13. The Balaban J connectivity index is 3.05. The second-order valence-corrected chi connectivity index (χ2v) is 14.4. The Hall–Kier alpha value is -0.480. The zero-order valence-electron chi connectivity index (χ0n) is 37.3. The van der Waals surface area contributed by atoms with Gasteiger partial charge in [-0.2, -0.15) is 0 Å². The summed E-state index contributed by atoms with van der Waals surface area (Å²) in [5.41, 5.74) is 0. The summed E-state index contributed by atoms with van der Waals surface area (Å²) >= 11 is 0. The van der Waals surface area contributed by atoms with E-state index >= 15 is 0 Å². The molecule has 57 heavy (non-hydrogen) atoms. The smallest absolute Gasteiger partial charge is 0.0701 e. The van der Waals surface area contributed by atoms with Crippen LogP contribution in [-0.2, 0) is 56.8 Å². The van der Waals surface area contributed by atoms with Crippen LogP contribution in [-0.4, -0.2) is 159 Å². The second kappa shape index (κ2) is 55.5. The van der Waals surface area contributed by atoms with E-state index in [1.807, 2.05) is 0 Å². The molecule has 0 spiro atoms. The second-order valence-electron chi connectivity index (χ2n) is 14.4. The van der Waals surface area contributed by atoms with Crippen molar-refractivity contribution in [1.82, 2.24) is 0 Å². The minimum Gasteiger partial charge on any atom is -0.379 e. The van der Waals surface area contributed by atoms with E-state index in [9.17, 15) is 0 Å². The molecule has 0 amide bonds. The molecule has 0 aromatic carbocycles. The summed E-state index contributed by atoms with van der Waals surface area (Å²) in [6, 6.07) is 0. The van der Waals surface area contributed by atoms with Crippen LogP contribution in [0.5, 0.6) is 0 Å². The summed E-state index contributed by atoms with van der Waals surface area (Å²) in [6.45, 7) is 18.4. The van der Waals surface area contributed by atoms with Gasteiger partial charge in [-0.3, -0.25) is 0 Å². The molecule has 0 aliphatic heterocycles. The minimum atomic E-state index is 0.522. The molecule has 0 aromatic rings. The van der Waals surface area contributed by atoms with E-state index in [0.29, 0.717) is 145 Å². The fourth-order valence-corrected chi connectivity index (χ4v) is 5.73. The van der Waals surface area contributed by atoms with Gasteiger partial charge in [0.1, 0.15) is 0 Å². The van der Waals surface area contributed by atoms with Crippen molar-refractivity contribution >= 4 is 0 Å². The van der Waals surface area contributed by atoms with Gasteiger partial charge in [0.2, 0.25) is 0 Å². The maximum atomic E-state index is 5.69. The molecule has 12 heteroatoms. The molecular formula is C45H92O12. The van der Waals surface area contributed by atoms with E-state index in [4.69, 9.17) is 56.8 Å². The maximum Gasteiger partial charge on any atom is 0.0701 e. The summed E-state index contributed by atoms with van der Waals surface area (Å²) in [4.78, 5) is 0. The number of ether oxygens (including phenoxy) is 12. The van der Waals surface area contributed by atoms with Gasteiger partial charge in [0, 0.05) is 13.2 Å². The summed E-state index contributed by atoms with van der Waals surface area (Å²) < 4.78 is 66.6. The first-order chi connectivity index (χ1) is 28.4. The molecule has 0 heterocycles. The van der Waals surface area contributed by atoms with Crippen molar-refractivity contribution in [2.24, 2.45) is 0 Å². The molecule has 0 saturated heterocycles. The van der Waals surface area contributed by atoms with E-state index < -0.39 is 0 Å². The first-order valence-electron chi connectivity index (χ1n) is 23.3. The summed E-state index contributed by atoms with van der Waals surface area (Å²) in [7, 11) is 0. The van der Waals surface area contributed by atoms with Crippen LogP contribution in [0, 0.1) is 0 Å². The van der Waals surface area contributed by atoms with Gasteiger partial charge in [0.25, 0.3) is 0 Å². The third-order valence-electron chi connectivity index (χ3n) is 9.13. The lowest BCUT2D eigenvalue weighted by Crippen LogP contribution is -2.15. The van der Waals surface area contributed by atoms with Crippen LogP contribution in [0.1, 0.15) is 136 Å². The molecule has 0 rings (SSSR count). The lowest BCUT2D eigenvalue weighted by molar-refractivity contribution is -0.0284. The van der Waals surface area contributed by atoms with Gasteiger partial charge < -0.3 is 56.8 Å². The lowest BCUT2D eigenvalue weighted by atomic mass is 10.0. The van der Waals surface area contributed by atoms with Crippen molar-refractivity contribution in [2.75, 3.05) is 159 Å². The van der Waals surface area contributed by atoms with Crippen molar-refractivity contribution in [1.29, 1.82) is 0 Å². The van der Waals surface area contributed by atoms with E-state index in [1.54, 1.807) is 0 Å². The number of rotatable bonds is 54. The van der Waals surface area contributed by atoms with Crippen molar-refractivity contribution in [3.63, 3.8) is 0 Å². The van der Waals surface area contributed by atoms with Gasteiger partial charge in [-0.05, 0) is 12.8 Å².